The Bertz CT molecular complexity index is 1480. The molecule has 1 unspecified atom stereocenters. The third kappa shape index (κ3) is 3.24. The minimum atomic E-state index is -0.331. The molecule has 9 heteroatoms. The van der Waals surface area contributed by atoms with E-state index in [0.29, 0.717) is 37.8 Å². The molecule has 5 rings (SSSR count). The van der Waals surface area contributed by atoms with Crippen LogP contribution in [0.3, 0.4) is 0 Å². The van der Waals surface area contributed by atoms with E-state index in [2.05, 4.69) is 27.9 Å². The molecule has 1 atom stereocenters. The van der Waals surface area contributed by atoms with Gasteiger partial charge in [-0.15, -0.1) is 0 Å². The Balaban J connectivity index is 1.71. The zero-order valence-electron chi connectivity index (χ0n) is 16.7. The van der Waals surface area contributed by atoms with Gasteiger partial charge >= 0.3 is 0 Å². The fourth-order valence-electron chi connectivity index (χ4n) is 4.12. The van der Waals surface area contributed by atoms with Gasteiger partial charge in [-0.2, -0.15) is 4.98 Å². The Morgan fingerprint density at radius 2 is 1.90 bits per heavy atom. The van der Waals surface area contributed by atoms with Crippen LogP contribution in [0.25, 0.3) is 16.7 Å². The molecular formula is C22H17Cl2N5OS. The van der Waals surface area contributed by atoms with E-state index in [4.69, 9.17) is 35.4 Å². The van der Waals surface area contributed by atoms with Crippen LogP contribution in [-0.4, -0.2) is 25.6 Å². The number of halogens is 2. The predicted molar refractivity (Wildman–Crippen MR) is 127 cm³/mol. The topological polar surface area (TPSA) is 66.8 Å². The zero-order chi connectivity index (χ0) is 21.9. The van der Waals surface area contributed by atoms with Crippen molar-refractivity contribution >= 4 is 58.1 Å². The second kappa shape index (κ2) is 7.44. The monoisotopic (exact) mass is 469 g/mol. The van der Waals surface area contributed by atoms with E-state index >= 15 is 0 Å². The molecule has 0 spiro atoms. The Hall–Kier alpha value is -2.74. The quantitative estimate of drug-likeness (QED) is 0.390. The van der Waals surface area contributed by atoms with Gasteiger partial charge in [0.05, 0.1) is 10.0 Å². The number of nitrogens with one attached hydrogen (secondary N) is 1. The van der Waals surface area contributed by atoms with Crippen LogP contribution in [0.5, 0.6) is 0 Å². The molecule has 0 saturated carbocycles. The second-order valence-electron chi connectivity index (χ2n) is 7.54. The Kier molecular flexibility index (Phi) is 4.84. The fourth-order valence-corrected chi connectivity index (χ4v) is 4.83. The average molecular weight is 470 g/mol. The lowest BCUT2D eigenvalue weighted by atomic mass is 10.1. The zero-order valence-corrected chi connectivity index (χ0v) is 19.0. The average Bonchev–Trinajstić information content (AvgIpc) is 3.05. The van der Waals surface area contributed by atoms with E-state index < -0.39 is 0 Å². The number of nitrogens with zero attached hydrogens (tertiary/aromatic N) is 4. The fraction of sp³-hybridized carbons (Fsp3) is 0.182. The van der Waals surface area contributed by atoms with Crippen molar-refractivity contribution in [2.24, 2.45) is 0 Å². The van der Waals surface area contributed by atoms with Crippen molar-refractivity contribution in [2.45, 2.75) is 26.3 Å². The molecule has 2 aromatic heterocycles. The number of para-hydroxylation sites is 1. The smallest absolute Gasteiger partial charge is 0.264 e. The lowest BCUT2D eigenvalue weighted by Gasteiger charge is -2.23. The number of fused-ring (bicyclic) bond motifs is 2. The molecule has 0 bridgehead atoms. The third-order valence-electron chi connectivity index (χ3n) is 5.49. The molecule has 1 aliphatic heterocycles. The van der Waals surface area contributed by atoms with Gasteiger partial charge < -0.3 is 4.90 Å². The van der Waals surface area contributed by atoms with Crippen LogP contribution >= 0.6 is 35.4 Å². The standard InChI is InChI=1S/C22H17Cl2N5OS/c1-11-9-13-5-3-4-6-17(13)28(11)22-26-19-18(20(30)27-22)21(31)29(12(2)25-19)14-7-8-15(23)16(24)10-14/h3-8,10-11H,9H2,1-2H3,(H,26,27,30). The first-order valence-electron chi connectivity index (χ1n) is 9.71. The van der Waals surface area contributed by atoms with Gasteiger partial charge in [0, 0.05) is 17.4 Å². The highest BCUT2D eigenvalue weighted by molar-refractivity contribution is 7.71. The lowest BCUT2D eigenvalue weighted by Crippen LogP contribution is -2.28. The molecule has 3 heterocycles. The Morgan fingerprint density at radius 3 is 2.68 bits per heavy atom. The number of benzene rings is 2. The van der Waals surface area contributed by atoms with Crippen molar-refractivity contribution in [3.63, 3.8) is 0 Å². The van der Waals surface area contributed by atoms with Gasteiger partial charge in [0.15, 0.2) is 5.65 Å². The second-order valence-corrected chi connectivity index (χ2v) is 8.74. The molecule has 0 radical (unpaired) electrons. The summed E-state index contributed by atoms with van der Waals surface area (Å²) >= 11 is 17.9. The third-order valence-corrected chi connectivity index (χ3v) is 6.62. The van der Waals surface area contributed by atoms with Gasteiger partial charge in [0.25, 0.3) is 5.56 Å². The number of hydrogen-bond acceptors (Lipinski definition) is 5. The number of rotatable bonds is 2. The lowest BCUT2D eigenvalue weighted by molar-refractivity contribution is 0.739. The summed E-state index contributed by atoms with van der Waals surface area (Å²) in [6, 6.07) is 13.4. The van der Waals surface area contributed by atoms with Crippen LogP contribution in [0.2, 0.25) is 10.0 Å². The maximum Gasteiger partial charge on any atom is 0.264 e. The first kappa shape index (κ1) is 20.2. The highest BCUT2D eigenvalue weighted by atomic mass is 35.5. The van der Waals surface area contributed by atoms with E-state index in [1.807, 2.05) is 30.0 Å². The van der Waals surface area contributed by atoms with Gasteiger partial charge in [0.2, 0.25) is 5.95 Å². The van der Waals surface area contributed by atoms with Crippen molar-refractivity contribution in [1.29, 1.82) is 0 Å². The summed E-state index contributed by atoms with van der Waals surface area (Å²) < 4.78 is 2.01. The molecule has 6 nitrogen and oxygen atoms in total. The molecule has 31 heavy (non-hydrogen) atoms. The normalized spacial score (nSPS) is 15.5. The molecule has 0 aliphatic carbocycles. The summed E-state index contributed by atoms with van der Waals surface area (Å²) in [6.07, 6.45) is 0.878. The number of aromatic amines is 1. The molecule has 0 fully saturated rings. The van der Waals surface area contributed by atoms with Gasteiger partial charge in [-0.1, -0.05) is 53.6 Å². The molecule has 0 amide bonds. The van der Waals surface area contributed by atoms with Crippen LogP contribution in [0.4, 0.5) is 11.6 Å². The van der Waals surface area contributed by atoms with Crippen LogP contribution in [0, 0.1) is 11.6 Å². The summed E-state index contributed by atoms with van der Waals surface area (Å²) in [4.78, 5) is 27.4. The molecule has 4 aromatic rings. The summed E-state index contributed by atoms with van der Waals surface area (Å²) in [5.41, 5.74) is 2.92. The van der Waals surface area contributed by atoms with Crippen molar-refractivity contribution in [1.82, 2.24) is 19.5 Å². The maximum absolute atomic E-state index is 13.1. The summed E-state index contributed by atoms with van der Waals surface area (Å²) in [5, 5.41) is 1.09. The maximum atomic E-state index is 13.1. The van der Waals surface area contributed by atoms with Crippen LogP contribution in [0.15, 0.2) is 47.3 Å². The SMILES string of the molecule is Cc1nc2nc(N3c4ccccc4CC3C)[nH]c(=O)c2c(=S)n1-c1ccc(Cl)c(Cl)c1. The van der Waals surface area contributed by atoms with Crippen molar-refractivity contribution in [3.8, 4) is 5.69 Å². The summed E-state index contributed by atoms with van der Waals surface area (Å²) in [5.74, 6) is 1.05. The molecule has 156 valence electrons. The van der Waals surface area contributed by atoms with E-state index in [9.17, 15) is 4.79 Å². The number of hydrogen-bond donors (Lipinski definition) is 1. The van der Waals surface area contributed by atoms with Crippen molar-refractivity contribution in [2.75, 3.05) is 4.90 Å². The molecule has 0 saturated heterocycles. The Labute approximate surface area is 193 Å². The minimum Gasteiger partial charge on any atom is -0.309 e. The summed E-state index contributed by atoms with van der Waals surface area (Å²) in [7, 11) is 0. The molecular weight excluding hydrogens is 453 g/mol. The van der Waals surface area contributed by atoms with E-state index in [0.717, 1.165) is 12.1 Å². The minimum absolute atomic E-state index is 0.159. The van der Waals surface area contributed by atoms with Gasteiger partial charge in [-0.25, -0.2) is 4.98 Å². The van der Waals surface area contributed by atoms with Crippen LogP contribution < -0.4 is 10.5 Å². The van der Waals surface area contributed by atoms with Gasteiger partial charge in [-0.3, -0.25) is 14.3 Å². The Morgan fingerprint density at radius 1 is 1.13 bits per heavy atom. The van der Waals surface area contributed by atoms with E-state index in [1.54, 1.807) is 22.8 Å². The number of aryl methyl sites for hydroxylation is 1. The van der Waals surface area contributed by atoms with Gasteiger partial charge in [0.1, 0.15) is 15.9 Å². The molecule has 2 aromatic carbocycles. The highest BCUT2D eigenvalue weighted by Crippen LogP contribution is 2.36. The van der Waals surface area contributed by atoms with Crippen LogP contribution in [-0.2, 0) is 6.42 Å². The highest BCUT2D eigenvalue weighted by Gasteiger charge is 2.29. The largest absolute Gasteiger partial charge is 0.309 e. The van der Waals surface area contributed by atoms with Crippen LogP contribution in [0.1, 0.15) is 18.3 Å². The van der Waals surface area contributed by atoms with Crippen molar-refractivity contribution in [3.05, 3.63) is 78.9 Å². The number of anilines is 2. The first-order valence-corrected chi connectivity index (χ1v) is 10.9. The van der Waals surface area contributed by atoms with Crippen molar-refractivity contribution < 1.29 is 0 Å². The van der Waals surface area contributed by atoms with Gasteiger partial charge in [-0.05, 0) is 50.1 Å². The predicted octanol–water partition coefficient (Wildman–Crippen LogP) is 5.54. The number of aromatic nitrogens is 4. The summed E-state index contributed by atoms with van der Waals surface area (Å²) in [6.45, 7) is 3.92. The van der Waals surface area contributed by atoms with E-state index in [1.165, 1.54) is 5.56 Å². The number of H-pyrrole nitrogens is 1. The molecule has 1 aliphatic rings. The molecule has 1 N–H and O–H groups in total. The first-order chi connectivity index (χ1) is 14.8. The van der Waals surface area contributed by atoms with E-state index in [-0.39, 0.29) is 17.0 Å².